The van der Waals surface area contributed by atoms with Gasteiger partial charge in [-0.3, -0.25) is 4.79 Å². The molecule has 4 nitrogen and oxygen atoms in total. The van der Waals surface area contributed by atoms with Crippen LogP contribution in [0.5, 0.6) is 0 Å². The summed E-state index contributed by atoms with van der Waals surface area (Å²) in [5, 5.41) is 8.48. The number of aromatic nitrogens is 1. The molecule has 1 rings (SSSR count). The Labute approximate surface area is 97.2 Å². The van der Waals surface area contributed by atoms with Crippen LogP contribution in [0.3, 0.4) is 0 Å². The molecule has 1 heterocycles. The third kappa shape index (κ3) is 2.84. The number of carboxylic acids is 1. The normalized spacial score (nSPS) is 11.9. The number of nitrogens with two attached hydrogens (primary N) is 1. The van der Waals surface area contributed by atoms with Crippen molar-refractivity contribution in [2.75, 3.05) is 5.73 Å². The van der Waals surface area contributed by atoms with Crippen LogP contribution in [0, 0.1) is 0 Å². The molecule has 0 atom stereocenters. The Morgan fingerprint density at radius 1 is 1.44 bits per heavy atom. The average Bonchev–Trinajstić information content (AvgIpc) is 2.13. The zero-order valence-electron chi connectivity index (χ0n) is 8.63. The van der Waals surface area contributed by atoms with Gasteiger partial charge in [-0.05, 0) is 5.56 Å². The molecule has 0 aliphatic rings. The maximum absolute atomic E-state index is 12.6. The maximum atomic E-state index is 12.6. The predicted molar refractivity (Wildman–Crippen MR) is 49.9 cm³/mol. The Morgan fingerprint density at radius 2 is 2.00 bits per heavy atom. The minimum absolute atomic E-state index is 0.452. The fourth-order valence-corrected chi connectivity index (χ4v) is 1.43. The monoisotopic (exact) mass is 270 g/mol. The summed E-state index contributed by atoms with van der Waals surface area (Å²) in [6.45, 7) is 0. The number of rotatable bonds is 3. The van der Waals surface area contributed by atoms with Crippen LogP contribution in [-0.4, -0.2) is 16.1 Å². The van der Waals surface area contributed by atoms with Crippen molar-refractivity contribution >= 4 is 11.8 Å². The van der Waals surface area contributed by atoms with Gasteiger partial charge in [0.25, 0.3) is 6.43 Å². The minimum Gasteiger partial charge on any atom is -0.481 e. The second-order valence-corrected chi connectivity index (χ2v) is 3.32. The number of pyridine rings is 1. The van der Waals surface area contributed by atoms with Crippen molar-refractivity contribution in [2.24, 2.45) is 0 Å². The van der Waals surface area contributed by atoms with Crippen LogP contribution in [0.1, 0.15) is 23.1 Å². The molecule has 0 aliphatic heterocycles. The lowest BCUT2D eigenvalue weighted by atomic mass is 10.00. The Bertz CT molecular complexity index is 473. The van der Waals surface area contributed by atoms with E-state index in [2.05, 4.69) is 4.98 Å². The van der Waals surface area contributed by atoms with E-state index in [1.165, 1.54) is 0 Å². The standard InChI is InChI=1S/C9H7F5N2O2/c10-7(11)4-2-16-8(15)6(9(12,13)14)3(4)1-5(17)18/h2,7H,1H2,(H2,15,16)(H,17,18). The third-order valence-corrected chi connectivity index (χ3v) is 2.10. The molecule has 0 bridgehead atoms. The van der Waals surface area contributed by atoms with E-state index in [0.29, 0.717) is 6.20 Å². The Balaban J connectivity index is 3.55. The highest BCUT2D eigenvalue weighted by Gasteiger charge is 2.39. The first-order valence-corrected chi connectivity index (χ1v) is 4.49. The van der Waals surface area contributed by atoms with Crippen LogP contribution in [0.2, 0.25) is 0 Å². The summed E-state index contributed by atoms with van der Waals surface area (Å²) in [7, 11) is 0. The molecule has 0 aliphatic carbocycles. The summed E-state index contributed by atoms with van der Waals surface area (Å²) >= 11 is 0. The van der Waals surface area contributed by atoms with Crippen molar-refractivity contribution in [3.05, 3.63) is 22.9 Å². The number of aliphatic carboxylic acids is 1. The van der Waals surface area contributed by atoms with Gasteiger partial charge in [-0.1, -0.05) is 0 Å². The summed E-state index contributed by atoms with van der Waals surface area (Å²) < 4.78 is 63.0. The second kappa shape index (κ2) is 4.75. The van der Waals surface area contributed by atoms with Gasteiger partial charge >= 0.3 is 12.1 Å². The van der Waals surface area contributed by atoms with E-state index in [0.717, 1.165) is 0 Å². The van der Waals surface area contributed by atoms with E-state index in [4.69, 9.17) is 10.8 Å². The van der Waals surface area contributed by atoms with Gasteiger partial charge in [-0.15, -0.1) is 0 Å². The molecule has 0 saturated heterocycles. The van der Waals surface area contributed by atoms with E-state index in [1.807, 2.05) is 0 Å². The molecule has 0 radical (unpaired) electrons. The van der Waals surface area contributed by atoms with Gasteiger partial charge < -0.3 is 10.8 Å². The summed E-state index contributed by atoms with van der Waals surface area (Å²) in [6, 6.07) is 0. The fraction of sp³-hybridized carbons (Fsp3) is 0.333. The number of nitrogens with zero attached hydrogens (tertiary/aromatic N) is 1. The highest BCUT2D eigenvalue weighted by molar-refractivity contribution is 5.72. The number of carboxylic acid groups (broad SMARTS) is 1. The molecule has 0 fully saturated rings. The highest BCUT2D eigenvalue weighted by atomic mass is 19.4. The molecule has 3 N–H and O–H groups in total. The second-order valence-electron chi connectivity index (χ2n) is 3.32. The van der Waals surface area contributed by atoms with Crippen LogP contribution in [0.25, 0.3) is 0 Å². The Hall–Kier alpha value is -1.93. The summed E-state index contributed by atoms with van der Waals surface area (Å²) in [6.07, 6.45) is -9.07. The molecule has 0 amide bonds. The first kappa shape index (κ1) is 14.1. The molecule has 0 spiro atoms. The first-order valence-electron chi connectivity index (χ1n) is 4.49. The van der Waals surface area contributed by atoms with Gasteiger partial charge in [0.1, 0.15) is 11.4 Å². The van der Waals surface area contributed by atoms with Crippen LogP contribution >= 0.6 is 0 Å². The van der Waals surface area contributed by atoms with Crippen molar-refractivity contribution in [1.82, 2.24) is 4.98 Å². The molecule has 1 aromatic rings. The number of alkyl halides is 5. The minimum atomic E-state index is -5.05. The lowest BCUT2D eigenvalue weighted by Gasteiger charge is -2.16. The van der Waals surface area contributed by atoms with E-state index >= 15 is 0 Å². The highest BCUT2D eigenvalue weighted by Crippen LogP contribution is 2.39. The lowest BCUT2D eigenvalue weighted by molar-refractivity contribution is -0.139. The SMILES string of the molecule is Nc1ncc(C(F)F)c(CC(=O)O)c1C(F)(F)F. The number of halogens is 5. The Kier molecular flexibility index (Phi) is 3.73. The van der Waals surface area contributed by atoms with E-state index in [9.17, 15) is 26.7 Å². The first-order chi connectivity index (χ1) is 8.14. The van der Waals surface area contributed by atoms with Crippen molar-refractivity contribution in [3.63, 3.8) is 0 Å². The molecule has 0 aromatic carbocycles. The van der Waals surface area contributed by atoms with E-state index in [1.54, 1.807) is 0 Å². The van der Waals surface area contributed by atoms with Crippen LogP contribution in [-0.2, 0) is 17.4 Å². The maximum Gasteiger partial charge on any atom is 0.420 e. The van der Waals surface area contributed by atoms with Crippen molar-refractivity contribution in [3.8, 4) is 0 Å². The van der Waals surface area contributed by atoms with Gasteiger partial charge in [-0.25, -0.2) is 13.8 Å². The van der Waals surface area contributed by atoms with Crippen LogP contribution in [0.15, 0.2) is 6.20 Å². The number of nitrogen functional groups attached to an aromatic ring is 1. The molecule has 9 heteroatoms. The number of hydrogen-bond acceptors (Lipinski definition) is 3. The van der Waals surface area contributed by atoms with Gasteiger partial charge in [0.2, 0.25) is 0 Å². The van der Waals surface area contributed by atoms with Crippen molar-refractivity contribution < 1.29 is 31.9 Å². The average molecular weight is 270 g/mol. The van der Waals surface area contributed by atoms with Gasteiger partial charge in [0, 0.05) is 11.8 Å². The van der Waals surface area contributed by atoms with Crippen LogP contribution in [0.4, 0.5) is 27.8 Å². The van der Waals surface area contributed by atoms with Gasteiger partial charge in [-0.2, -0.15) is 13.2 Å². The zero-order valence-corrected chi connectivity index (χ0v) is 8.63. The third-order valence-electron chi connectivity index (χ3n) is 2.10. The van der Waals surface area contributed by atoms with Gasteiger partial charge in [0.05, 0.1) is 6.42 Å². The largest absolute Gasteiger partial charge is 0.481 e. The summed E-state index contributed by atoms with van der Waals surface area (Å²) in [5.41, 5.74) is 1.22. The lowest BCUT2D eigenvalue weighted by Crippen LogP contribution is -2.18. The number of anilines is 1. The quantitative estimate of drug-likeness (QED) is 0.826. The van der Waals surface area contributed by atoms with Crippen molar-refractivity contribution in [2.45, 2.75) is 19.0 Å². The molecule has 0 unspecified atom stereocenters. The molecule has 18 heavy (non-hydrogen) atoms. The topological polar surface area (TPSA) is 76.2 Å². The predicted octanol–water partition coefficient (Wildman–Crippen LogP) is 2.25. The van der Waals surface area contributed by atoms with E-state index in [-0.39, 0.29) is 0 Å². The van der Waals surface area contributed by atoms with Crippen molar-refractivity contribution in [1.29, 1.82) is 0 Å². The molecule has 0 saturated carbocycles. The van der Waals surface area contributed by atoms with Crippen LogP contribution < -0.4 is 5.73 Å². The molecular weight excluding hydrogens is 263 g/mol. The number of hydrogen-bond donors (Lipinski definition) is 2. The fourth-order valence-electron chi connectivity index (χ4n) is 1.43. The van der Waals surface area contributed by atoms with E-state index < -0.39 is 47.5 Å². The molecule has 100 valence electrons. The molecule has 1 aromatic heterocycles. The molecular formula is C9H7F5N2O2. The number of carbonyl (C=O) groups is 1. The summed E-state index contributed by atoms with van der Waals surface area (Å²) in [4.78, 5) is 13.5. The smallest absolute Gasteiger partial charge is 0.420 e. The summed E-state index contributed by atoms with van der Waals surface area (Å²) in [5.74, 6) is -2.70. The zero-order chi connectivity index (χ0) is 14.1. The Morgan fingerprint density at radius 3 is 2.39 bits per heavy atom. The van der Waals surface area contributed by atoms with Gasteiger partial charge in [0.15, 0.2) is 0 Å².